The molecule has 0 fully saturated rings. The molecule has 0 aromatic carbocycles. The number of aliphatic imine (C=N–C) groups is 1. The molecule has 2 atom stereocenters. The second-order valence-electron chi connectivity index (χ2n) is 2.63. The topological polar surface area (TPSA) is 48.4 Å². The lowest BCUT2D eigenvalue weighted by atomic mass is 10.4. The van der Waals surface area contributed by atoms with E-state index in [1.807, 2.05) is 26.1 Å². The summed E-state index contributed by atoms with van der Waals surface area (Å²) in [6, 6.07) is 0.447. The normalized spacial score (nSPS) is 16.2. The van der Waals surface area contributed by atoms with Crippen molar-refractivity contribution in [2.24, 2.45) is 4.99 Å². The lowest BCUT2D eigenvalue weighted by Gasteiger charge is -2.13. The highest BCUT2D eigenvalue weighted by atomic mass is 15.6. The van der Waals surface area contributed by atoms with Crippen LogP contribution < -0.4 is 16.4 Å². The van der Waals surface area contributed by atoms with Gasteiger partial charge in [0.25, 0.3) is 0 Å². The Bertz CT molecular complexity index is 144. The van der Waals surface area contributed by atoms with E-state index in [1.54, 1.807) is 7.05 Å². The third-order valence-electron chi connectivity index (χ3n) is 1.33. The Morgan fingerprint density at radius 1 is 1.25 bits per heavy atom. The Morgan fingerprint density at radius 2 is 1.83 bits per heavy atom. The lowest BCUT2D eigenvalue weighted by molar-refractivity contribution is 0.404. The van der Waals surface area contributed by atoms with Gasteiger partial charge >= 0.3 is 0 Å². The van der Waals surface area contributed by atoms with Gasteiger partial charge in [-0.3, -0.25) is 4.99 Å². The molecule has 0 aliphatic carbocycles. The smallest absolute Gasteiger partial charge is 0.0545 e. The average molecular weight is 170 g/mol. The van der Waals surface area contributed by atoms with E-state index >= 15 is 0 Å². The van der Waals surface area contributed by atoms with Gasteiger partial charge in [-0.25, -0.2) is 10.9 Å². The van der Waals surface area contributed by atoms with Crippen molar-refractivity contribution < 1.29 is 0 Å². The molecule has 0 aromatic rings. The molecule has 0 amide bonds. The summed E-state index contributed by atoms with van der Waals surface area (Å²) >= 11 is 0. The minimum absolute atomic E-state index is 0.208. The van der Waals surface area contributed by atoms with Crippen LogP contribution in [-0.4, -0.2) is 25.3 Å². The van der Waals surface area contributed by atoms with Gasteiger partial charge in [-0.15, -0.1) is 6.58 Å². The highest BCUT2D eigenvalue weighted by molar-refractivity contribution is 5.63. The van der Waals surface area contributed by atoms with Crippen molar-refractivity contribution in [3.8, 4) is 0 Å². The molecular formula is C8H18N4. The van der Waals surface area contributed by atoms with Gasteiger partial charge in [0.2, 0.25) is 0 Å². The van der Waals surface area contributed by atoms with Crippen LogP contribution in [0.5, 0.6) is 0 Å². The van der Waals surface area contributed by atoms with Crippen LogP contribution in [0, 0.1) is 0 Å². The Labute approximate surface area is 74.1 Å². The number of hydrogen-bond acceptors (Lipinski definition) is 4. The molecule has 4 nitrogen and oxygen atoms in total. The van der Waals surface area contributed by atoms with E-state index in [0.29, 0.717) is 0 Å². The Hall–Kier alpha value is -0.710. The number of hydrazine groups is 2. The minimum Gasteiger partial charge on any atom is -0.299 e. The van der Waals surface area contributed by atoms with Crippen LogP contribution in [-0.2, 0) is 0 Å². The molecule has 1 unspecified atom stereocenters. The SMILES string of the molecule is C=CC(C)NNN[C@H](C)C=NC. The standard InChI is InChI=1S/C8H18N4/c1-5-7(2)10-12-11-8(3)6-9-4/h5-8,10-12H,1H2,2-4H3/t7?,8-/m1/s1. The first kappa shape index (κ1) is 11.3. The maximum atomic E-state index is 3.88. The molecule has 3 N–H and O–H groups in total. The van der Waals surface area contributed by atoms with E-state index in [9.17, 15) is 0 Å². The summed E-state index contributed by atoms with van der Waals surface area (Å²) < 4.78 is 0. The maximum Gasteiger partial charge on any atom is 0.0545 e. The molecule has 0 saturated carbocycles. The van der Waals surface area contributed by atoms with Crippen molar-refractivity contribution in [2.75, 3.05) is 7.05 Å². The predicted molar refractivity (Wildman–Crippen MR) is 52.9 cm³/mol. The lowest BCUT2D eigenvalue weighted by Crippen LogP contribution is -2.50. The first-order valence-corrected chi connectivity index (χ1v) is 4.01. The number of rotatable bonds is 6. The zero-order chi connectivity index (χ0) is 9.40. The van der Waals surface area contributed by atoms with Crippen LogP contribution in [0.3, 0.4) is 0 Å². The summed E-state index contributed by atoms with van der Waals surface area (Å²) in [5.74, 6) is 0. The quantitative estimate of drug-likeness (QED) is 0.304. The van der Waals surface area contributed by atoms with Crippen molar-refractivity contribution in [3.63, 3.8) is 0 Å². The van der Waals surface area contributed by atoms with Gasteiger partial charge in [0.05, 0.1) is 6.04 Å². The summed E-state index contributed by atoms with van der Waals surface area (Å²) in [6.45, 7) is 7.64. The molecule has 0 radical (unpaired) electrons. The second kappa shape index (κ2) is 6.97. The monoisotopic (exact) mass is 170 g/mol. The fraction of sp³-hybridized carbons (Fsp3) is 0.625. The third kappa shape index (κ3) is 6.03. The zero-order valence-electron chi connectivity index (χ0n) is 7.96. The summed E-state index contributed by atoms with van der Waals surface area (Å²) in [5.41, 5.74) is 8.83. The summed E-state index contributed by atoms with van der Waals surface area (Å²) in [6.07, 6.45) is 3.63. The van der Waals surface area contributed by atoms with Gasteiger partial charge < -0.3 is 0 Å². The molecule has 0 aromatic heterocycles. The maximum absolute atomic E-state index is 3.88. The number of hydrogen-bond donors (Lipinski definition) is 3. The highest BCUT2D eigenvalue weighted by Crippen LogP contribution is 1.76. The van der Waals surface area contributed by atoms with Crippen molar-refractivity contribution in [3.05, 3.63) is 12.7 Å². The molecule has 0 aliphatic rings. The van der Waals surface area contributed by atoms with Gasteiger partial charge in [-0.1, -0.05) is 6.08 Å². The van der Waals surface area contributed by atoms with Crippen molar-refractivity contribution in [1.29, 1.82) is 0 Å². The minimum atomic E-state index is 0.208. The summed E-state index contributed by atoms with van der Waals surface area (Å²) in [5, 5.41) is 0. The van der Waals surface area contributed by atoms with Crippen LogP contribution in [0.25, 0.3) is 0 Å². The van der Waals surface area contributed by atoms with Crippen LogP contribution in [0.2, 0.25) is 0 Å². The van der Waals surface area contributed by atoms with Gasteiger partial charge in [-0.05, 0) is 13.8 Å². The molecule has 0 aliphatic heterocycles. The van der Waals surface area contributed by atoms with Crippen molar-refractivity contribution in [1.82, 2.24) is 16.4 Å². The van der Waals surface area contributed by atoms with Crippen LogP contribution in [0.4, 0.5) is 0 Å². The van der Waals surface area contributed by atoms with E-state index in [-0.39, 0.29) is 12.1 Å². The molecule has 12 heavy (non-hydrogen) atoms. The van der Waals surface area contributed by atoms with Gasteiger partial charge in [-0.2, -0.15) is 5.53 Å². The van der Waals surface area contributed by atoms with E-state index in [0.717, 1.165) is 0 Å². The molecule has 4 heteroatoms. The van der Waals surface area contributed by atoms with E-state index < -0.39 is 0 Å². The van der Waals surface area contributed by atoms with Crippen molar-refractivity contribution >= 4 is 6.21 Å². The Balaban J connectivity index is 3.36. The van der Waals surface area contributed by atoms with Crippen LogP contribution in [0.1, 0.15) is 13.8 Å². The van der Waals surface area contributed by atoms with Gasteiger partial charge in [0.15, 0.2) is 0 Å². The molecule has 0 heterocycles. The van der Waals surface area contributed by atoms with Crippen LogP contribution >= 0.6 is 0 Å². The largest absolute Gasteiger partial charge is 0.299 e. The van der Waals surface area contributed by atoms with Crippen LogP contribution in [0.15, 0.2) is 17.6 Å². The first-order valence-electron chi connectivity index (χ1n) is 4.01. The fourth-order valence-corrected chi connectivity index (χ4v) is 0.589. The Morgan fingerprint density at radius 3 is 2.33 bits per heavy atom. The molecule has 0 bridgehead atoms. The molecule has 0 saturated heterocycles. The average Bonchev–Trinajstić information content (AvgIpc) is 2.04. The molecule has 70 valence electrons. The van der Waals surface area contributed by atoms with Gasteiger partial charge in [0, 0.05) is 19.3 Å². The third-order valence-corrected chi connectivity index (χ3v) is 1.33. The molecular weight excluding hydrogens is 152 g/mol. The molecule has 0 spiro atoms. The second-order valence-corrected chi connectivity index (χ2v) is 2.63. The summed E-state index contributed by atoms with van der Waals surface area (Å²) in [7, 11) is 1.75. The fourth-order valence-electron chi connectivity index (χ4n) is 0.589. The highest BCUT2D eigenvalue weighted by Gasteiger charge is 1.95. The number of nitrogens with one attached hydrogen (secondary N) is 3. The van der Waals surface area contributed by atoms with E-state index in [2.05, 4.69) is 28.0 Å². The molecule has 0 rings (SSSR count). The zero-order valence-corrected chi connectivity index (χ0v) is 7.96. The van der Waals surface area contributed by atoms with Crippen molar-refractivity contribution in [2.45, 2.75) is 25.9 Å². The number of nitrogens with zero attached hydrogens (tertiary/aromatic N) is 1. The summed E-state index contributed by atoms with van der Waals surface area (Å²) in [4.78, 5) is 3.88. The predicted octanol–water partition coefficient (Wildman–Crippen LogP) is 0.249. The first-order chi connectivity index (χ1) is 5.70. The van der Waals surface area contributed by atoms with E-state index in [1.165, 1.54) is 0 Å². The Kier molecular flexibility index (Phi) is 6.55. The van der Waals surface area contributed by atoms with Gasteiger partial charge in [0.1, 0.15) is 0 Å². The van der Waals surface area contributed by atoms with E-state index in [4.69, 9.17) is 0 Å².